The third-order valence-electron chi connectivity index (χ3n) is 4.98. The zero-order valence-electron chi connectivity index (χ0n) is 17.6. The molecule has 4 aromatic rings. The van der Waals surface area contributed by atoms with E-state index in [1.165, 1.54) is 22.1 Å². The lowest BCUT2D eigenvalue weighted by Crippen LogP contribution is -2.40. The number of ether oxygens (including phenoxy) is 1. The number of sulfonamides is 1. The second-order valence-corrected chi connectivity index (χ2v) is 10.5. The van der Waals surface area contributed by atoms with E-state index in [9.17, 15) is 8.42 Å². The third-order valence-corrected chi connectivity index (χ3v) is 7.93. The van der Waals surface area contributed by atoms with Crippen LogP contribution < -0.4 is 0 Å². The predicted octanol–water partition coefficient (Wildman–Crippen LogP) is 3.75. The first-order valence-electron chi connectivity index (χ1n) is 10.2. The lowest BCUT2D eigenvalue weighted by Gasteiger charge is -2.26. The van der Waals surface area contributed by atoms with Crippen LogP contribution in [0.4, 0.5) is 0 Å². The predicted molar refractivity (Wildman–Crippen MR) is 124 cm³/mol. The van der Waals surface area contributed by atoms with Gasteiger partial charge in [0.25, 0.3) is 5.22 Å². The van der Waals surface area contributed by atoms with E-state index in [2.05, 4.69) is 20.3 Å². The van der Waals surface area contributed by atoms with Crippen molar-refractivity contribution in [1.82, 2.24) is 24.6 Å². The Balaban J connectivity index is 1.26. The number of hydrogen-bond acceptors (Lipinski definition) is 10. The minimum Gasteiger partial charge on any atom is -0.411 e. The Morgan fingerprint density at radius 2 is 1.82 bits per heavy atom. The zero-order chi connectivity index (χ0) is 23.5. The second-order valence-electron chi connectivity index (χ2n) is 7.22. The van der Waals surface area contributed by atoms with Crippen LogP contribution in [0.2, 0.25) is 5.02 Å². The van der Waals surface area contributed by atoms with Gasteiger partial charge in [0, 0.05) is 29.2 Å². The van der Waals surface area contributed by atoms with Crippen LogP contribution in [0, 0.1) is 0 Å². The zero-order valence-corrected chi connectivity index (χ0v) is 20.0. The molecule has 2 aromatic carbocycles. The van der Waals surface area contributed by atoms with E-state index in [1.807, 2.05) is 12.1 Å². The van der Waals surface area contributed by atoms with Crippen LogP contribution in [0.25, 0.3) is 22.8 Å². The molecule has 1 saturated heterocycles. The summed E-state index contributed by atoms with van der Waals surface area (Å²) >= 11 is 7.14. The standard InChI is InChI=1S/C21H18ClN5O5S2/c22-16-6-4-14(5-7-16)19-23-18(32-26-19)13-33-21-25-24-20(31-21)15-2-1-3-17(12-15)34(28,29)27-8-10-30-11-9-27/h1-7,12H,8-11,13H2. The normalized spacial score (nSPS) is 15.0. The van der Waals surface area contributed by atoms with Gasteiger partial charge in [0.2, 0.25) is 27.6 Å². The summed E-state index contributed by atoms with van der Waals surface area (Å²) in [6, 6.07) is 13.6. The molecule has 1 aliphatic heterocycles. The first kappa shape index (κ1) is 23.0. The average Bonchev–Trinajstić information content (AvgIpc) is 3.54. The molecule has 1 aliphatic rings. The van der Waals surface area contributed by atoms with Crippen LogP contribution in [0.3, 0.4) is 0 Å². The van der Waals surface area contributed by atoms with Crippen molar-refractivity contribution in [3.05, 3.63) is 59.4 Å². The van der Waals surface area contributed by atoms with Gasteiger partial charge in [-0.15, -0.1) is 10.2 Å². The van der Waals surface area contributed by atoms with Gasteiger partial charge in [-0.25, -0.2) is 8.42 Å². The van der Waals surface area contributed by atoms with Gasteiger partial charge in [0.1, 0.15) is 0 Å². The van der Waals surface area contributed by atoms with E-state index in [-0.39, 0.29) is 10.8 Å². The van der Waals surface area contributed by atoms with Crippen LogP contribution in [-0.2, 0) is 20.5 Å². The molecule has 176 valence electrons. The summed E-state index contributed by atoms with van der Waals surface area (Å²) in [5.74, 6) is 1.40. The maximum atomic E-state index is 12.9. The summed E-state index contributed by atoms with van der Waals surface area (Å²) in [6.45, 7) is 1.40. The van der Waals surface area contributed by atoms with Crippen LogP contribution in [0.1, 0.15) is 5.89 Å². The number of aromatic nitrogens is 4. The van der Waals surface area contributed by atoms with Gasteiger partial charge >= 0.3 is 0 Å². The highest BCUT2D eigenvalue weighted by atomic mass is 35.5. The number of thioether (sulfide) groups is 1. The highest BCUT2D eigenvalue weighted by Gasteiger charge is 2.27. The molecular formula is C21H18ClN5O5S2. The smallest absolute Gasteiger partial charge is 0.277 e. The SMILES string of the molecule is O=S(=O)(c1cccc(-c2nnc(SCc3nc(-c4ccc(Cl)cc4)no3)o2)c1)N1CCOCC1. The number of hydrogen-bond donors (Lipinski definition) is 0. The van der Waals surface area contributed by atoms with Crippen molar-refractivity contribution in [3.63, 3.8) is 0 Å². The summed E-state index contributed by atoms with van der Waals surface area (Å²) in [5, 5.41) is 13.0. The molecular weight excluding hydrogens is 502 g/mol. The molecule has 0 N–H and O–H groups in total. The van der Waals surface area contributed by atoms with Crippen molar-refractivity contribution < 1.29 is 22.1 Å². The fourth-order valence-corrected chi connectivity index (χ4v) is 5.44. The maximum absolute atomic E-state index is 12.9. The Bertz CT molecular complexity index is 1380. The molecule has 0 spiro atoms. The highest BCUT2D eigenvalue weighted by Crippen LogP contribution is 2.28. The van der Waals surface area contributed by atoms with E-state index >= 15 is 0 Å². The largest absolute Gasteiger partial charge is 0.411 e. The lowest BCUT2D eigenvalue weighted by atomic mass is 10.2. The van der Waals surface area contributed by atoms with Crippen molar-refractivity contribution in [2.75, 3.05) is 26.3 Å². The Morgan fingerprint density at radius 1 is 1.03 bits per heavy atom. The molecule has 0 aliphatic carbocycles. The van der Waals surface area contributed by atoms with Crippen molar-refractivity contribution in [1.29, 1.82) is 0 Å². The molecule has 0 amide bonds. The molecule has 0 unspecified atom stereocenters. The lowest BCUT2D eigenvalue weighted by molar-refractivity contribution is 0.0730. The molecule has 34 heavy (non-hydrogen) atoms. The molecule has 10 nitrogen and oxygen atoms in total. The summed E-state index contributed by atoms with van der Waals surface area (Å²) < 4.78 is 43.5. The van der Waals surface area contributed by atoms with Crippen LogP contribution in [0.15, 0.2) is 67.6 Å². The first-order chi connectivity index (χ1) is 16.5. The minimum absolute atomic E-state index is 0.167. The Kier molecular flexibility index (Phi) is 6.66. The Hall–Kier alpha value is -2.77. The van der Waals surface area contributed by atoms with Gasteiger partial charge in [-0.1, -0.05) is 34.6 Å². The van der Waals surface area contributed by atoms with Crippen LogP contribution in [-0.4, -0.2) is 59.4 Å². The topological polar surface area (TPSA) is 124 Å². The number of morpholine rings is 1. The summed E-state index contributed by atoms with van der Waals surface area (Å²) in [7, 11) is -3.63. The van der Waals surface area contributed by atoms with Gasteiger partial charge in [-0.05, 0) is 42.5 Å². The van der Waals surface area contributed by atoms with Crippen molar-refractivity contribution >= 4 is 33.4 Å². The van der Waals surface area contributed by atoms with E-state index in [1.54, 1.807) is 30.3 Å². The third kappa shape index (κ3) is 5.00. The quantitative estimate of drug-likeness (QED) is 0.333. The van der Waals surface area contributed by atoms with E-state index < -0.39 is 10.0 Å². The summed E-state index contributed by atoms with van der Waals surface area (Å²) in [6.07, 6.45) is 0. The number of benzene rings is 2. The van der Waals surface area contributed by atoms with E-state index in [0.717, 1.165) is 5.56 Å². The molecule has 2 aromatic heterocycles. The molecule has 1 fully saturated rings. The monoisotopic (exact) mass is 519 g/mol. The fraction of sp³-hybridized carbons (Fsp3) is 0.238. The molecule has 5 rings (SSSR count). The van der Waals surface area contributed by atoms with Gasteiger partial charge in [-0.2, -0.15) is 9.29 Å². The van der Waals surface area contributed by atoms with Gasteiger partial charge in [-0.3, -0.25) is 0 Å². The molecule has 3 heterocycles. The van der Waals surface area contributed by atoms with Crippen LogP contribution >= 0.6 is 23.4 Å². The molecule has 0 atom stereocenters. The van der Waals surface area contributed by atoms with Gasteiger partial charge < -0.3 is 13.7 Å². The molecule has 0 radical (unpaired) electrons. The Morgan fingerprint density at radius 3 is 2.62 bits per heavy atom. The Labute approximate surface area is 204 Å². The highest BCUT2D eigenvalue weighted by molar-refractivity contribution is 7.98. The van der Waals surface area contributed by atoms with Crippen molar-refractivity contribution in [2.24, 2.45) is 0 Å². The van der Waals surface area contributed by atoms with E-state index in [4.69, 9.17) is 25.3 Å². The van der Waals surface area contributed by atoms with Crippen molar-refractivity contribution in [3.8, 4) is 22.8 Å². The molecule has 0 saturated carbocycles. The molecule has 0 bridgehead atoms. The number of nitrogens with zero attached hydrogens (tertiary/aromatic N) is 5. The fourth-order valence-electron chi connectivity index (χ4n) is 3.26. The van der Waals surface area contributed by atoms with Gasteiger partial charge in [0.15, 0.2) is 0 Å². The van der Waals surface area contributed by atoms with Crippen LogP contribution in [0.5, 0.6) is 0 Å². The molecule has 13 heteroatoms. The minimum atomic E-state index is -3.63. The summed E-state index contributed by atoms with van der Waals surface area (Å²) in [5.41, 5.74) is 1.30. The van der Waals surface area contributed by atoms with E-state index in [0.29, 0.717) is 59.6 Å². The summed E-state index contributed by atoms with van der Waals surface area (Å²) in [4.78, 5) is 4.53. The van der Waals surface area contributed by atoms with Crippen molar-refractivity contribution in [2.45, 2.75) is 15.9 Å². The second kappa shape index (κ2) is 9.84. The number of rotatable bonds is 7. The maximum Gasteiger partial charge on any atom is 0.277 e. The number of halogens is 1. The average molecular weight is 520 g/mol. The first-order valence-corrected chi connectivity index (χ1v) is 13.0. The van der Waals surface area contributed by atoms with Gasteiger partial charge in [0.05, 0.1) is 23.9 Å².